The van der Waals surface area contributed by atoms with Crippen molar-refractivity contribution in [1.82, 2.24) is 9.80 Å². The maximum atomic E-state index is 12.2. The van der Waals surface area contributed by atoms with Crippen LogP contribution in [0.25, 0.3) is 0 Å². The maximum absolute atomic E-state index is 12.2. The van der Waals surface area contributed by atoms with Crippen LogP contribution in [0.2, 0.25) is 0 Å². The van der Waals surface area contributed by atoms with Gasteiger partial charge in [-0.25, -0.2) is 4.79 Å². The van der Waals surface area contributed by atoms with Gasteiger partial charge in [-0.2, -0.15) is 0 Å². The van der Waals surface area contributed by atoms with Gasteiger partial charge >= 0.3 is 6.09 Å². The summed E-state index contributed by atoms with van der Waals surface area (Å²) in [6.45, 7) is 9.63. The van der Waals surface area contributed by atoms with E-state index in [9.17, 15) is 9.90 Å². The summed E-state index contributed by atoms with van der Waals surface area (Å²) in [7, 11) is 0. The Morgan fingerprint density at radius 3 is 2.41 bits per heavy atom. The monoisotopic (exact) mass is 312 g/mol. The van der Waals surface area contributed by atoms with Gasteiger partial charge in [0.05, 0.1) is 18.7 Å². The van der Waals surface area contributed by atoms with Gasteiger partial charge in [-0.3, -0.25) is 4.90 Å². The van der Waals surface area contributed by atoms with E-state index in [1.165, 1.54) is 32.1 Å². The SMILES string of the molecule is CCN(C1CCCCC1)[C@@H]1CN(C(=O)OC(C)(C)C)C[C@H]1O. The normalized spacial score (nSPS) is 27.5. The van der Waals surface area contributed by atoms with Crippen LogP contribution in [0.1, 0.15) is 59.8 Å². The van der Waals surface area contributed by atoms with Crippen molar-refractivity contribution in [3.8, 4) is 0 Å². The number of amides is 1. The molecule has 1 saturated carbocycles. The van der Waals surface area contributed by atoms with Crippen LogP contribution in [-0.2, 0) is 4.74 Å². The zero-order valence-electron chi connectivity index (χ0n) is 14.5. The number of carbonyl (C=O) groups is 1. The molecule has 0 aromatic rings. The Hall–Kier alpha value is -0.810. The van der Waals surface area contributed by atoms with E-state index in [1.807, 2.05) is 20.8 Å². The second-order valence-electron chi connectivity index (χ2n) is 7.64. The van der Waals surface area contributed by atoms with E-state index in [1.54, 1.807) is 4.90 Å². The van der Waals surface area contributed by atoms with Crippen molar-refractivity contribution in [2.45, 2.75) is 83.6 Å². The second-order valence-corrected chi connectivity index (χ2v) is 7.64. The van der Waals surface area contributed by atoms with E-state index in [0.29, 0.717) is 19.1 Å². The number of carbonyl (C=O) groups excluding carboxylic acids is 1. The first kappa shape index (κ1) is 17.5. The largest absolute Gasteiger partial charge is 0.444 e. The van der Waals surface area contributed by atoms with Crippen LogP contribution in [0.5, 0.6) is 0 Å². The van der Waals surface area contributed by atoms with E-state index < -0.39 is 11.7 Å². The summed E-state index contributed by atoms with van der Waals surface area (Å²) in [5.41, 5.74) is -0.492. The highest BCUT2D eigenvalue weighted by Crippen LogP contribution is 2.28. The van der Waals surface area contributed by atoms with Crippen molar-refractivity contribution >= 4 is 6.09 Å². The summed E-state index contributed by atoms with van der Waals surface area (Å²) in [6, 6.07) is 0.595. The Morgan fingerprint density at radius 1 is 1.23 bits per heavy atom. The van der Waals surface area contributed by atoms with E-state index in [-0.39, 0.29) is 12.1 Å². The zero-order valence-corrected chi connectivity index (χ0v) is 14.5. The molecule has 128 valence electrons. The van der Waals surface area contributed by atoms with Crippen LogP contribution < -0.4 is 0 Å². The first-order valence-corrected chi connectivity index (χ1v) is 8.73. The van der Waals surface area contributed by atoms with Crippen molar-refractivity contribution in [2.75, 3.05) is 19.6 Å². The molecule has 2 fully saturated rings. The summed E-state index contributed by atoms with van der Waals surface area (Å²) in [6.07, 6.45) is 5.51. The number of likely N-dealkylation sites (tertiary alicyclic amines) is 1. The molecular weight excluding hydrogens is 280 g/mol. The number of likely N-dealkylation sites (N-methyl/N-ethyl adjacent to an activating group) is 1. The minimum atomic E-state index is -0.492. The average Bonchev–Trinajstić information content (AvgIpc) is 2.82. The second kappa shape index (κ2) is 7.18. The van der Waals surface area contributed by atoms with Gasteiger partial charge in [0.2, 0.25) is 0 Å². The highest BCUT2D eigenvalue weighted by molar-refractivity contribution is 5.68. The number of aliphatic hydroxyl groups is 1. The quantitative estimate of drug-likeness (QED) is 0.870. The molecule has 0 radical (unpaired) electrons. The third-order valence-corrected chi connectivity index (χ3v) is 4.75. The van der Waals surface area contributed by atoms with Gasteiger partial charge in [0.15, 0.2) is 0 Å². The molecule has 0 aromatic heterocycles. The number of aliphatic hydroxyl groups excluding tert-OH is 1. The zero-order chi connectivity index (χ0) is 16.3. The molecule has 22 heavy (non-hydrogen) atoms. The number of hydrogen-bond acceptors (Lipinski definition) is 4. The van der Waals surface area contributed by atoms with Crippen LogP contribution in [0, 0.1) is 0 Å². The van der Waals surface area contributed by atoms with Gasteiger partial charge in [-0.15, -0.1) is 0 Å². The third kappa shape index (κ3) is 4.35. The van der Waals surface area contributed by atoms with E-state index in [0.717, 1.165) is 6.54 Å². The lowest BCUT2D eigenvalue weighted by Gasteiger charge is -2.38. The highest BCUT2D eigenvalue weighted by Gasteiger charge is 2.40. The van der Waals surface area contributed by atoms with Crippen LogP contribution >= 0.6 is 0 Å². The minimum Gasteiger partial charge on any atom is -0.444 e. The molecule has 2 aliphatic rings. The Balaban J connectivity index is 1.98. The molecule has 0 unspecified atom stereocenters. The Kier molecular flexibility index (Phi) is 5.72. The van der Waals surface area contributed by atoms with Crippen LogP contribution in [0.3, 0.4) is 0 Å². The third-order valence-electron chi connectivity index (χ3n) is 4.75. The van der Waals surface area contributed by atoms with Gasteiger partial charge in [0.25, 0.3) is 0 Å². The Labute approximate surface area is 134 Å². The standard InChI is InChI=1S/C17H32N2O3/c1-5-19(13-9-7-6-8-10-13)14-11-18(12-15(14)20)16(21)22-17(2,3)4/h13-15,20H,5-12H2,1-4H3/t14-,15-/m1/s1. The predicted molar refractivity (Wildman–Crippen MR) is 86.9 cm³/mol. The molecule has 1 aliphatic heterocycles. The summed E-state index contributed by atoms with van der Waals surface area (Å²) in [5, 5.41) is 10.4. The first-order chi connectivity index (χ1) is 10.3. The lowest BCUT2D eigenvalue weighted by molar-refractivity contribution is 0.0267. The molecule has 1 saturated heterocycles. The topological polar surface area (TPSA) is 53.0 Å². The number of ether oxygens (including phenoxy) is 1. The lowest BCUT2D eigenvalue weighted by Crippen LogP contribution is -2.49. The van der Waals surface area contributed by atoms with Gasteiger partial charge in [-0.1, -0.05) is 26.2 Å². The van der Waals surface area contributed by atoms with Crippen molar-refractivity contribution in [3.63, 3.8) is 0 Å². The van der Waals surface area contributed by atoms with Gasteiger partial charge in [0.1, 0.15) is 5.60 Å². The summed E-state index contributed by atoms with van der Waals surface area (Å²) in [5.74, 6) is 0. The summed E-state index contributed by atoms with van der Waals surface area (Å²) >= 11 is 0. The van der Waals surface area contributed by atoms with Gasteiger partial charge in [0, 0.05) is 12.6 Å². The van der Waals surface area contributed by atoms with E-state index in [4.69, 9.17) is 4.74 Å². The van der Waals surface area contributed by atoms with E-state index in [2.05, 4.69) is 11.8 Å². The fraction of sp³-hybridized carbons (Fsp3) is 0.941. The fourth-order valence-corrected chi connectivity index (χ4v) is 3.75. The average molecular weight is 312 g/mol. The lowest BCUT2D eigenvalue weighted by atomic mass is 9.92. The van der Waals surface area contributed by atoms with E-state index >= 15 is 0 Å². The summed E-state index contributed by atoms with van der Waals surface area (Å²) < 4.78 is 5.43. The van der Waals surface area contributed by atoms with Crippen LogP contribution in [0.4, 0.5) is 4.79 Å². The molecule has 0 bridgehead atoms. The van der Waals surface area contributed by atoms with Crippen molar-refractivity contribution < 1.29 is 14.6 Å². The minimum absolute atomic E-state index is 0.0422. The van der Waals surface area contributed by atoms with Crippen LogP contribution in [0.15, 0.2) is 0 Å². The molecule has 0 aromatic carbocycles. The van der Waals surface area contributed by atoms with Gasteiger partial charge in [-0.05, 0) is 40.2 Å². The van der Waals surface area contributed by atoms with Crippen molar-refractivity contribution in [1.29, 1.82) is 0 Å². The first-order valence-electron chi connectivity index (χ1n) is 8.73. The molecule has 1 aliphatic carbocycles. The summed E-state index contributed by atoms with van der Waals surface area (Å²) in [4.78, 5) is 16.3. The molecular formula is C17H32N2O3. The molecule has 2 atom stereocenters. The number of β-amino-alcohol motifs (C(OH)–C–C–N with tert-alkyl or cyclic N) is 1. The predicted octanol–water partition coefficient (Wildman–Crippen LogP) is 2.62. The number of hydrogen-bond donors (Lipinski definition) is 1. The van der Waals surface area contributed by atoms with Crippen molar-refractivity contribution in [2.24, 2.45) is 0 Å². The smallest absolute Gasteiger partial charge is 0.410 e. The van der Waals surface area contributed by atoms with Crippen LogP contribution in [-0.4, -0.2) is 64.4 Å². The maximum Gasteiger partial charge on any atom is 0.410 e. The molecule has 5 nitrogen and oxygen atoms in total. The fourth-order valence-electron chi connectivity index (χ4n) is 3.75. The van der Waals surface area contributed by atoms with Crippen molar-refractivity contribution in [3.05, 3.63) is 0 Å². The highest BCUT2D eigenvalue weighted by atomic mass is 16.6. The number of rotatable bonds is 3. The Morgan fingerprint density at radius 2 is 1.86 bits per heavy atom. The molecule has 1 N–H and O–H groups in total. The number of nitrogens with zero attached hydrogens (tertiary/aromatic N) is 2. The van der Waals surface area contributed by atoms with Gasteiger partial charge < -0.3 is 14.7 Å². The molecule has 0 spiro atoms. The molecule has 1 heterocycles. The Bertz CT molecular complexity index is 375. The molecule has 2 rings (SSSR count). The molecule has 5 heteroatoms. The molecule has 1 amide bonds.